The number of carbonyl (C=O) groups excluding carboxylic acids is 1. The second-order valence-electron chi connectivity index (χ2n) is 5.93. The van der Waals surface area contributed by atoms with Gasteiger partial charge in [-0.1, -0.05) is 24.6 Å². The van der Waals surface area contributed by atoms with Gasteiger partial charge in [-0.15, -0.1) is 0 Å². The summed E-state index contributed by atoms with van der Waals surface area (Å²) in [6, 6.07) is 9.60. The van der Waals surface area contributed by atoms with Gasteiger partial charge < -0.3 is 5.73 Å². The molecule has 1 aromatic carbocycles. The molecule has 4 heteroatoms. The summed E-state index contributed by atoms with van der Waals surface area (Å²) in [5.74, 6) is -0.396. The molecule has 1 saturated carbocycles. The van der Waals surface area contributed by atoms with Crippen LogP contribution in [0, 0.1) is 0 Å². The van der Waals surface area contributed by atoms with E-state index in [1.807, 2.05) is 18.2 Å². The number of aromatic nitrogens is 2. The first-order valence-corrected chi connectivity index (χ1v) is 7.17. The second-order valence-corrected chi connectivity index (χ2v) is 5.93. The Bertz CT molecular complexity index is 697. The molecular formula is C16H17N3O. The SMILES string of the molecule is NC(=O)c1ccccc1-c1cc2n(n1)CCC21CCC1. The van der Waals surface area contributed by atoms with Gasteiger partial charge in [0.15, 0.2) is 0 Å². The molecule has 2 heterocycles. The summed E-state index contributed by atoms with van der Waals surface area (Å²) in [5, 5.41) is 4.69. The predicted octanol–water partition coefficient (Wildman–Crippen LogP) is 2.47. The van der Waals surface area contributed by atoms with Crippen molar-refractivity contribution in [1.29, 1.82) is 0 Å². The number of nitrogens with zero attached hydrogens (tertiary/aromatic N) is 2. The van der Waals surface area contributed by atoms with Crippen LogP contribution in [0.4, 0.5) is 0 Å². The predicted molar refractivity (Wildman–Crippen MR) is 76.3 cm³/mol. The number of fused-ring (bicyclic) bond motifs is 2. The number of benzene rings is 1. The number of aryl methyl sites for hydroxylation is 1. The molecule has 0 saturated heterocycles. The van der Waals surface area contributed by atoms with Gasteiger partial charge >= 0.3 is 0 Å². The molecule has 2 N–H and O–H groups in total. The lowest BCUT2D eigenvalue weighted by molar-refractivity contribution is 0.100. The zero-order valence-corrected chi connectivity index (χ0v) is 11.3. The minimum Gasteiger partial charge on any atom is -0.366 e. The average Bonchev–Trinajstić information content (AvgIpc) is 2.95. The first-order chi connectivity index (χ1) is 9.70. The van der Waals surface area contributed by atoms with E-state index < -0.39 is 5.91 Å². The molecule has 1 aliphatic carbocycles. The lowest BCUT2D eigenvalue weighted by Crippen LogP contribution is -2.31. The Labute approximate surface area is 117 Å². The van der Waals surface area contributed by atoms with Gasteiger partial charge in [0.05, 0.1) is 5.69 Å². The Kier molecular flexibility index (Phi) is 2.31. The van der Waals surface area contributed by atoms with Crippen molar-refractivity contribution in [2.45, 2.75) is 37.6 Å². The molecule has 0 unspecified atom stereocenters. The number of nitrogens with two attached hydrogens (primary N) is 1. The van der Waals surface area contributed by atoms with Gasteiger partial charge in [0, 0.05) is 28.8 Å². The summed E-state index contributed by atoms with van der Waals surface area (Å²) in [4.78, 5) is 11.6. The van der Waals surface area contributed by atoms with Crippen LogP contribution in [0.1, 0.15) is 41.7 Å². The molecule has 1 aromatic heterocycles. The number of amides is 1. The highest BCUT2D eigenvalue weighted by Crippen LogP contribution is 2.50. The largest absolute Gasteiger partial charge is 0.366 e. The lowest BCUT2D eigenvalue weighted by Gasteiger charge is -2.37. The summed E-state index contributed by atoms with van der Waals surface area (Å²) in [6.45, 7) is 0.994. The van der Waals surface area contributed by atoms with Gasteiger partial charge in [-0.05, 0) is 31.4 Å². The van der Waals surface area contributed by atoms with Crippen LogP contribution >= 0.6 is 0 Å². The Hall–Kier alpha value is -2.10. The number of primary amides is 1. The maximum absolute atomic E-state index is 11.6. The summed E-state index contributed by atoms with van der Waals surface area (Å²) in [7, 11) is 0. The smallest absolute Gasteiger partial charge is 0.249 e. The van der Waals surface area contributed by atoms with E-state index in [-0.39, 0.29) is 0 Å². The third kappa shape index (κ3) is 1.48. The van der Waals surface area contributed by atoms with Crippen molar-refractivity contribution in [3.8, 4) is 11.3 Å². The minimum atomic E-state index is -0.396. The third-order valence-electron chi connectivity index (χ3n) is 4.90. The van der Waals surface area contributed by atoms with Crippen LogP contribution in [0.5, 0.6) is 0 Å². The van der Waals surface area contributed by atoms with Gasteiger partial charge in [0.2, 0.25) is 5.91 Å². The summed E-state index contributed by atoms with van der Waals surface area (Å²) in [5.41, 5.74) is 9.44. The van der Waals surface area contributed by atoms with Crippen LogP contribution in [0.25, 0.3) is 11.3 Å². The standard InChI is InChI=1S/C16H17N3O/c17-15(20)12-5-2-1-4-11(12)13-10-14-16(6-3-7-16)8-9-19(14)18-13/h1-2,4-5,10H,3,6-9H2,(H2,17,20). The van der Waals surface area contributed by atoms with E-state index in [0.717, 1.165) is 17.8 Å². The Morgan fingerprint density at radius 3 is 2.75 bits per heavy atom. The van der Waals surface area contributed by atoms with Gasteiger partial charge in [-0.25, -0.2) is 0 Å². The van der Waals surface area contributed by atoms with E-state index in [1.54, 1.807) is 6.07 Å². The number of hydrogen-bond acceptors (Lipinski definition) is 2. The first kappa shape index (κ1) is 11.7. The van der Waals surface area contributed by atoms with Crippen LogP contribution in [-0.4, -0.2) is 15.7 Å². The molecule has 20 heavy (non-hydrogen) atoms. The Morgan fingerprint density at radius 1 is 1.25 bits per heavy atom. The van der Waals surface area contributed by atoms with E-state index in [1.165, 1.54) is 31.4 Å². The van der Waals surface area contributed by atoms with E-state index in [0.29, 0.717) is 11.0 Å². The molecule has 1 spiro atoms. The molecule has 1 amide bonds. The van der Waals surface area contributed by atoms with E-state index >= 15 is 0 Å². The van der Waals surface area contributed by atoms with Gasteiger partial charge in [0.1, 0.15) is 0 Å². The highest BCUT2D eigenvalue weighted by atomic mass is 16.1. The van der Waals surface area contributed by atoms with Crippen LogP contribution in [0.2, 0.25) is 0 Å². The molecule has 102 valence electrons. The first-order valence-electron chi connectivity index (χ1n) is 7.17. The van der Waals surface area contributed by atoms with Gasteiger partial charge in [-0.3, -0.25) is 9.48 Å². The fourth-order valence-corrected chi connectivity index (χ4v) is 3.62. The molecular weight excluding hydrogens is 250 g/mol. The van der Waals surface area contributed by atoms with Crippen LogP contribution in [-0.2, 0) is 12.0 Å². The number of rotatable bonds is 2. The minimum absolute atomic E-state index is 0.368. The van der Waals surface area contributed by atoms with Crippen molar-refractivity contribution in [1.82, 2.24) is 9.78 Å². The Morgan fingerprint density at radius 2 is 2.05 bits per heavy atom. The maximum Gasteiger partial charge on any atom is 0.249 e. The fraction of sp³-hybridized carbons (Fsp3) is 0.375. The highest BCUT2D eigenvalue weighted by Gasteiger charge is 2.45. The fourth-order valence-electron chi connectivity index (χ4n) is 3.62. The van der Waals surface area contributed by atoms with Crippen molar-refractivity contribution >= 4 is 5.91 Å². The van der Waals surface area contributed by atoms with E-state index in [4.69, 9.17) is 10.8 Å². The molecule has 0 atom stereocenters. The second kappa shape index (κ2) is 3.95. The zero-order chi connectivity index (χ0) is 13.7. The summed E-state index contributed by atoms with van der Waals surface area (Å²) in [6.07, 6.45) is 5.08. The third-order valence-corrected chi connectivity index (χ3v) is 4.90. The van der Waals surface area contributed by atoms with Crippen molar-refractivity contribution in [2.75, 3.05) is 0 Å². The van der Waals surface area contributed by atoms with Gasteiger partial charge in [0.25, 0.3) is 0 Å². The van der Waals surface area contributed by atoms with Crippen molar-refractivity contribution in [3.05, 3.63) is 41.6 Å². The quantitative estimate of drug-likeness (QED) is 0.908. The van der Waals surface area contributed by atoms with Crippen LogP contribution < -0.4 is 5.73 Å². The summed E-state index contributed by atoms with van der Waals surface area (Å²) >= 11 is 0. The summed E-state index contributed by atoms with van der Waals surface area (Å²) < 4.78 is 2.12. The normalized spacial score (nSPS) is 18.8. The zero-order valence-electron chi connectivity index (χ0n) is 11.3. The highest BCUT2D eigenvalue weighted by molar-refractivity contribution is 5.99. The number of carbonyl (C=O) groups is 1. The average molecular weight is 267 g/mol. The maximum atomic E-state index is 11.6. The van der Waals surface area contributed by atoms with E-state index in [2.05, 4.69) is 10.7 Å². The van der Waals surface area contributed by atoms with E-state index in [9.17, 15) is 4.79 Å². The molecule has 1 fully saturated rings. The molecule has 2 aromatic rings. The molecule has 0 radical (unpaired) electrons. The van der Waals surface area contributed by atoms with Gasteiger partial charge in [-0.2, -0.15) is 5.10 Å². The topological polar surface area (TPSA) is 60.9 Å². The van der Waals surface area contributed by atoms with Crippen LogP contribution in [0.15, 0.2) is 30.3 Å². The van der Waals surface area contributed by atoms with Crippen LogP contribution in [0.3, 0.4) is 0 Å². The number of hydrogen-bond donors (Lipinski definition) is 1. The lowest BCUT2D eigenvalue weighted by atomic mass is 9.66. The molecule has 0 bridgehead atoms. The molecule has 4 nitrogen and oxygen atoms in total. The van der Waals surface area contributed by atoms with Crippen molar-refractivity contribution in [2.24, 2.45) is 5.73 Å². The molecule has 4 rings (SSSR count). The molecule has 2 aliphatic rings. The Balaban J connectivity index is 1.82. The van der Waals surface area contributed by atoms with Crippen molar-refractivity contribution in [3.63, 3.8) is 0 Å². The monoisotopic (exact) mass is 267 g/mol. The van der Waals surface area contributed by atoms with Crippen molar-refractivity contribution < 1.29 is 4.79 Å². The molecule has 1 aliphatic heterocycles.